The number of ether oxygens (including phenoxy) is 2. The van der Waals surface area contributed by atoms with Crippen LogP contribution < -0.4 is 0 Å². The van der Waals surface area contributed by atoms with Crippen LogP contribution in [0.25, 0.3) is 0 Å². The van der Waals surface area contributed by atoms with Gasteiger partial charge in [-0.3, -0.25) is 4.90 Å². The molecule has 1 heterocycles. The Kier molecular flexibility index (Phi) is 11.0. The van der Waals surface area contributed by atoms with Gasteiger partial charge in [0, 0.05) is 31.2 Å². The van der Waals surface area contributed by atoms with Gasteiger partial charge in [0.25, 0.3) is 0 Å². The molecule has 0 saturated heterocycles. The summed E-state index contributed by atoms with van der Waals surface area (Å²) < 4.78 is 13.5. The number of amides is 1. The van der Waals surface area contributed by atoms with Gasteiger partial charge >= 0.3 is 6.09 Å². The standard InChI is InChI=1S/C31H43IN2O3/c1-21(2)18-27(33(19-25-14-10-8-11-15-25)20-26-16-12-9-13-17-26)29-24(7)28(32)30(36-29)37-31(35)34(22(3)4)23(5)6/h8-17,21-23,27,29-30H,18-20H2,1-7H3/t27-,29+,30+/m0/s1. The molecule has 3 atom stereocenters. The largest absolute Gasteiger partial charge is 0.414 e. The molecule has 0 unspecified atom stereocenters. The molecule has 6 heteroatoms. The zero-order valence-electron chi connectivity index (χ0n) is 23.4. The van der Waals surface area contributed by atoms with Crippen molar-refractivity contribution in [3.05, 3.63) is 80.9 Å². The van der Waals surface area contributed by atoms with Gasteiger partial charge in [-0.05, 0) is 86.2 Å². The first kappa shape index (κ1) is 29.7. The summed E-state index contributed by atoms with van der Waals surface area (Å²) >= 11 is 2.30. The molecule has 0 aromatic heterocycles. The SMILES string of the molecule is CC1=C(I)[C@@H](OC(=O)N(C(C)C)C(C)C)O[C@H]1[C@H](CC(C)C)N(Cc1ccccc1)Cc1ccccc1. The molecule has 202 valence electrons. The van der Waals surface area contributed by atoms with Gasteiger partial charge in [0.05, 0.1) is 9.68 Å². The van der Waals surface area contributed by atoms with E-state index >= 15 is 0 Å². The molecule has 0 radical (unpaired) electrons. The normalized spacial score (nSPS) is 18.8. The van der Waals surface area contributed by atoms with Gasteiger partial charge in [0.1, 0.15) is 0 Å². The minimum absolute atomic E-state index is 0.0494. The summed E-state index contributed by atoms with van der Waals surface area (Å²) in [5.74, 6) is 0.479. The van der Waals surface area contributed by atoms with Gasteiger partial charge in [-0.15, -0.1) is 0 Å². The van der Waals surface area contributed by atoms with Crippen molar-refractivity contribution in [2.75, 3.05) is 0 Å². The van der Waals surface area contributed by atoms with Crippen LogP contribution in [0.5, 0.6) is 0 Å². The Morgan fingerprint density at radius 3 is 1.81 bits per heavy atom. The quantitative estimate of drug-likeness (QED) is 0.241. The van der Waals surface area contributed by atoms with E-state index in [1.54, 1.807) is 4.90 Å². The molecule has 2 aromatic rings. The van der Waals surface area contributed by atoms with E-state index in [9.17, 15) is 4.79 Å². The minimum atomic E-state index is -0.678. The first-order valence-electron chi connectivity index (χ1n) is 13.4. The fourth-order valence-electron chi connectivity index (χ4n) is 5.12. The van der Waals surface area contributed by atoms with Crippen LogP contribution in [-0.2, 0) is 22.6 Å². The third kappa shape index (κ3) is 8.04. The summed E-state index contributed by atoms with van der Waals surface area (Å²) in [6, 6.07) is 21.5. The lowest BCUT2D eigenvalue weighted by Crippen LogP contribution is -2.46. The van der Waals surface area contributed by atoms with Crippen LogP contribution in [0, 0.1) is 5.92 Å². The maximum Gasteiger partial charge on any atom is 0.412 e. The molecule has 0 fully saturated rings. The molecule has 0 spiro atoms. The highest BCUT2D eigenvalue weighted by Crippen LogP contribution is 2.38. The molecular weight excluding hydrogens is 575 g/mol. The summed E-state index contributed by atoms with van der Waals surface area (Å²) in [4.78, 5) is 17.4. The molecule has 5 nitrogen and oxygen atoms in total. The van der Waals surface area contributed by atoms with Crippen molar-refractivity contribution in [1.29, 1.82) is 0 Å². The van der Waals surface area contributed by atoms with Gasteiger partial charge in [-0.1, -0.05) is 74.5 Å². The zero-order valence-corrected chi connectivity index (χ0v) is 25.5. The lowest BCUT2D eigenvalue weighted by Gasteiger charge is -2.37. The van der Waals surface area contributed by atoms with Crippen LogP contribution in [0.4, 0.5) is 4.79 Å². The number of carbonyl (C=O) groups excluding carboxylic acids is 1. The highest BCUT2D eigenvalue weighted by molar-refractivity contribution is 14.1. The van der Waals surface area contributed by atoms with Crippen LogP contribution in [0.3, 0.4) is 0 Å². The Balaban J connectivity index is 1.89. The van der Waals surface area contributed by atoms with Crippen molar-refractivity contribution in [3.8, 4) is 0 Å². The number of hydrogen-bond acceptors (Lipinski definition) is 4. The maximum atomic E-state index is 13.1. The van der Waals surface area contributed by atoms with E-state index in [0.29, 0.717) is 5.92 Å². The lowest BCUT2D eigenvalue weighted by atomic mass is 9.93. The molecule has 0 N–H and O–H groups in total. The second-order valence-electron chi connectivity index (χ2n) is 11.0. The Hall–Kier alpha value is -1.90. The van der Waals surface area contributed by atoms with E-state index in [1.807, 2.05) is 27.7 Å². The Morgan fingerprint density at radius 2 is 1.38 bits per heavy atom. The fraction of sp³-hybridized carbons (Fsp3) is 0.516. The smallest absolute Gasteiger partial charge is 0.412 e. The number of halogens is 1. The zero-order chi connectivity index (χ0) is 27.1. The van der Waals surface area contributed by atoms with Crippen molar-refractivity contribution in [1.82, 2.24) is 9.80 Å². The molecule has 0 saturated carbocycles. The van der Waals surface area contributed by atoms with Crippen LogP contribution in [-0.4, -0.2) is 46.4 Å². The third-order valence-electron chi connectivity index (χ3n) is 6.80. The predicted molar refractivity (Wildman–Crippen MR) is 159 cm³/mol. The van der Waals surface area contributed by atoms with Crippen molar-refractivity contribution in [2.24, 2.45) is 5.92 Å². The first-order chi connectivity index (χ1) is 17.6. The molecule has 1 amide bonds. The number of carbonyl (C=O) groups is 1. The summed E-state index contributed by atoms with van der Waals surface area (Å²) in [7, 11) is 0. The second-order valence-corrected chi connectivity index (χ2v) is 12.1. The van der Waals surface area contributed by atoms with E-state index in [1.165, 1.54) is 11.1 Å². The third-order valence-corrected chi connectivity index (χ3v) is 8.16. The highest BCUT2D eigenvalue weighted by Gasteiger charge is 2.41. The lowest BCUT2D eigenvalue weighted by molar-refractivity contribution is -0.116. The monoisotopic (exact) mass is 618 g/mol. The van der Waals surface area contributed by atoms with Gasteiger partial charge < -0.3 is 14.4 Å². The molecule has 37 heavy (non-hydrogen) atoms. The Morgan fingerprint density at radius 1 is 0.892 bits per heavy atom. The average molecular weight is 619 g/mol. The second kappa shape index (κ2) is 13.8. The highest BCUT2D eigenvalue weighted by atomic mass is 127. The fourth-order valence-corrected chi connectivity index (χ4v) is 5.70. The number of hydrogen-bond donors (Lipinski definition) is 0. The molecule has 2 aromatic carbocycles. The molecular formula is C31H43IN2O3. The summed E-state index contributed by atoms with van der Waals surface area (Å²) in [5, 5.41) is 0. The predicted octanol–water partition coefficient (Wildman–Crippen LogP) is 7.79. The summed E-state index contributed by atoms with van der Waals surface area (Å²) in [6.45, 7) is 16.3. The van der Waals surface area contributed by atoms with Gasteiger partial charge in [-0.25, -0.2) is 4.79 Å². The van der Waals surface area contributed by atoms with Crippen molar-refractivity contribution in [3.63, 3.8) is 0 Å². The van der Waals surface area contributed by atoms with Crippen LogP contribution in [0.2, 0.25) is 0 Å². The topological polar surface area (TPSA) is 42.0 Å². The molecule has 1 aliphatic heterocycles. The molecule has 3 rings (SSSR count). The summed E-state index contributed by atoms with van der Waals surface area (Å²) in [6.07, 6.45) is -0.200. The van der Waals surface area contributed by atoms with Crippen LogP contribution >= 0.6 is 22.6 Å². The summed E-state index contributed by atoms with van der Waals surface area (Å²) in [5.41, 5.74) is 3.69. The molecule has 0 bridgehead atoms. The van der Waals surface area contributed by atoms with Gasteiger partial charge in [0.2, 0.25) is 6.29 Å². The van der Waals surface area contributed by atoms with E-state index in [0.717, 1.165) is 28.7 Å². The maximum absolute atomic E-state index is 13.1. The number of nitrogens with zero attached hydrogens (tertiary/aromatic N) is 2. The first-order valence-corrected chi connectivity index (χ1v) is 14.5. The van der Waals surface area contributed by atoms with Crippen molar-refractivity contribution >= 4 is 28.7 Å². The van der Waals surface area contributed by atoms with Crippen LogP contribution in [0.15, 0.2) is 69.8 Å². The van der Waals surface area contributed by atoms with Crippen molar-refractivity contribution < 1.29 is 14.3 Å². The van der Waals surface area contributed by atoms with Gasteiger partial charge in [-0.2, -0.15) is 0 Å². The van der Waals surface area contributed by atoms with Crippen LogP contribution in [0.1, 0.15) is 66.0 Å². The Labute approximate surface area is 237 Å². The van der Waals surface area contributed by atoms with E-state index < -0.39 is 6.29 Å². The van der Waals surface area contributed by atoms with E-state index in [4.69, 9.17) is 9.47 Å². The minimum Gasteiger partial charge on any atom is -0.414 e. The Bertz CT molecular complexity index is 974. The average Bonchev–Trinajstić information content (AvgIpc) is 3.11. The molecule has 0 aliphatic carbocycles. The van der Waals surface area contributed by atoms with E-state index in [-0.39, 0.29) is 30.3 Å². The van der Waals surface area contributed by atoms with E-state index in [2.05, 4.69) is 109 Å². The van der Waals surface area contributed by atoms with Gasteiger partial charge in [0.15, 0.2) is 0 Å². The number of benzene rings is 2. The van der Waals surface area contributed by atoms with Crippen molar-refractivity contribution in [2.45, 2.75) is 98.5 Å². The molecule has 1 aliphatic rings. The number of rotatable bonds is 11.